The van der Waals surface area contributed by atoms with E-state index in [0.717, 1.165) is 29.5 Å². The van der Waals surface area contributed by atoms with Gasteiger partial charge in [-0.2, -0.15) is 13.2 Å². The Morgan fingerprint density at radius 3 is 2.29 bits per heavy atom. The maximum Gasteiger partial charge on any atom is 0.433 e. The van der Waals surface area contributed by atoms with Gasteiger partial charge < -0.3 is 10.2 Å². The lowest BCUT2D eigenvalue weighted by Crippen LogP contribution is -2.15. The predicted molar refractivity (Wildman–Crippen MR) is 98.0 cm³/mol. The van der Waals surface area contributed by atoms with Gasteiger partial charge in [0.2, 0.25) is 0 Å². The summed E-state index contributed by atoms with van der Waals surface area (Å²) in [5.74, 6) is -2.40. The zero-order chi connectivity index (χ0) is 20.8. The van der Waals surface area contributed by atoms with Gasteiger partial charge in [-0.05, 0) is 36.8 Å². The quantitative estimate of drug-likeness (QED) is 0.597. The minimum atomic E-state index is -4.60. The Bertz CT molecular complexity index is 1050. The van der Waals surface area contributed by atoms with Crippen LogP contribution in [0, 0.1) is 18.6 Å². The highest BCUT2D eigenvalue weighted by atomic mass is 32.1. The Balaban J connectivity index is 1.95. The zero-order valence-electron chi connectivity index (χ0n) is 14.9. The first-order valence-corrected chi connectivity index (χ1v) is 8.75. The van der Waals surface area contributed by atoms with E-state index in [-0.39, 0.29) is 21.1 Å². The van der Waals surface area contributed by atoms with Crippen molar-refractivity contribution in [1.82, 2.24) is 4.98 Å². The van der Waals surface area contributed by atoms with Gasteiger partial charge in [-0.25, -0.2) is 13.8 Å². The van der Waals surface area contributed by atoms with E-state index in [4.69, 9.17) is 0 Å². The smallest absolute Gasteiger partial charge is 0.373 e. The second-order valence-electron chi connectivity index (χ2n) is 6.24. The van der Waals surface area contributed by atoms with Crippen molar-refractivity contribution in [3.05, 3.63) is 52.0 Å². The van der Waals surface area contributed by atoms with Crippen molar-refractivity contribution in [2.45, 2.75) is 13.1 Å². The number of thiophene rings is 1. The summed E-state index contributed by atoms with van der Waals surface area (Å²) in [6.07, 6.45) is -4.60. The molecule has 0 atom stereocenters. The number of carbonyl (C=O) groups is 1. The van der Waals surface area contributed by atoms with E-state index < -0.39 is 29.4 Å². The number of hydrogen-bond donors (Lipinski definition) is 1. The molecule has 3 rings (SSSR count). The topological polar surface area (TPSA) is 45.2 Å². The molecule has 2 aromatic heterocycles. The lowest BCUT2D eigenvalue weighted by atomic mass is 10.1. The van der Waals surface area contributed by atoms with Crippen LogP contribution in [0.2, 0.25) is 0 Å². The molecule has 4 nitrogen and oxygen atoms in total. The number of hydrogen-bond acceptors (Lipinski definition) is 4. The number of rotatable bonds is 3. The van der Waals surface area contributed by atoms with Crippen LogP contribution in [0.1, 0.15) is 20.9 Å². The lowest BCUT2D eigenvalue weighted by molar-refractivity contribution is -0.140. The van der Waals surface area contributed by atoms with Gasteiger partial charge >= 0.3 is 6.18 Å². The van der Waals surface area contributed by atoms with Crippen LogP contribution in [0.25, 0.3) is 10.2 Å². The van der Waals surface area contributed by atoms with Gasteiger partial charge in [0.15, 0.2) is 11.6 Å². The molecule has 10 heteroatoms. The van der Waals surface area contributed by atoms with E-state index in [1.807, 2.05) is 0 Å². The minimum Gasteiger partial charge on any atom is -0.373 e. The maximum absolute atomic E-state index is 14.1. The molecular weight excluding hydrogens is 401 g/mol. The van der Waals surface area contributed by atoms with Gasteiger partial charge in [-0.15, -0.1) is 11.3 Å². The Morgan fingerprint density at radius 2 is 1.75 bits per heavy atom. The standard InChI is InChI=1S/C18H14F5N3OS/c1-8-10-4-5-13(18(21,22)23)25-17(10)28-15(8)16(27)24-9-6-11(19)14(26(2)3)12(20)7-9/h4-7H,1-3H3,(H,24,27). The van der Waals surface area contributed by atoms with Gasteiger partial charge in [0.05, 0.1) is 4.88 Å². The molecule has 0 aliphatic rings. The summed E-state index contributed by atoms with van der Waals surface area (Å²) < 4.78 is 66.6. The number of pyridine rings is 1. The summed E-state index contributed by atoms with van der Waals surface area (Å²) in [7, 11) is 2.95. The molecule has 28 heavy (non-hydrogen) atoms. The van der Waals surface area contributed by atoms with Crippen LogP contribution in [-0.4, -0.2) is 25.0 Å². The van der Waals surface area contributed by atoms with Crippen LogP contribution in [-0.2, 0) is 6.18 Å². The number of aromatic nitrogens is 1. The van der Waals surface area contributed by atoms with E-state index in [1.54, 1.807) is 6.92 Å². The summed E-state index contributed by atoms with van der Waals surface area (Å²) in [5, 5.41) is 2.78. The molecule has 0 radical (unpaired) electrons. The highest BCUT2D eigenvalue weighted by Crippen LogP contribution is 2.35. The molecule has 0 fully saturated rings. The van der Waals surface area contributed by atoms with Crippen molar-refractivity contribution >= 4 is 38.8 Å². The monoisotopic (exact) mass is 415 g/mol. The van der Waals surface area contributed by atoms with E-state index in [9.17, 15) is 26.7 Å². The molecule has 148 valence electrons. The number of fused-ring (bicyclic) bond motifs is 1. The molecule has 1 N–H and O–H groups in total. The second-order valence-corrected chi connectivity index (χ2v) is 7.24. The summed E-state index contributed by atoms with van der Waals surface area (Å²) in [5.41, 5.74) is -0.979. The van der Waals surface area contributed by atoms with Crippen molar-refractivity contribution in [3.63, 3.8) is 0 Å². The number of aryl methyl sites for hydroxylation is 1. The molecule has 0 bridgehead atoms. The van der Waals surface area contributed by atoms with Gasteiger partial charge in [0.25, 0.3) is 5.91 Å². The third kappa shape index (κ3) is 3.64. The van der Waals surface area contributed by atoms with Crippen molar-refractivity contribution in [2.75, 3.05) is 24.3 Å². The van der Waals surface area contributed by atoms with Crippen molar-refractivity contribution in [2.24, 2.45) is 0 Å². The number of nitrogens with one attached hydrogen (secondary N) is 1. The first-order chi connectivity index (χ1) is 13.0. The zero-order valence-corrected chi connectivity index (χ0v) is 15.7. The van der Waals surface area contributed by atoms with Gasteiger partial charge in [-0.3, -0.25) is 4.79 Å². The second kappa shape index (κ2) is 7.01. The number of benzene rings is 1. The van der Waals surface area contributed by atoms with Gasteiger partial charge in [-0.1, -0.05) is 0 Å². The van der Waals surface area contributed by atoms with Crippen LogP contribution < -0.4 is 10.2 Å². The van der Waals surface area contributed by atoms with Crippen LogP contribution in [0.5, 0.6) is 0 Å². The molecule has 0 saturated heterocycles. The molecule has 0 aliphatic carbocycles. The lowest BCUT2D eigenvalue weighted by Gasteiger charge is -2.15. The maximum atomic E-state index is 14.1. The molecule has 1 amide bonds. The molecule has 0 unspecified atom stereocenters. The van der Waals surface area contributed by atoms with Crippen molar-refractivity contribution < 1.29 is 26.7 Å². The number of alkyl halides is 3. The van der Waals surface area contributed by atoms with E-state index >= 15 is 0 Å². The number of nitrogens with zero attached hydrogens (tertiary/aromatic N) is 2. The molecule has 0 aliphatic heterocycles. The Kier molecular flexibility index (Phi) is 5.00. The number of carbonyl (C=O) groups excluding carboxylic acids is 1. The van der Waals surface area contributed by atoms with E-state index in [1.165, 1.54) is 25.1 Å². The summed E-state index contributed by atoms with van der Waals surface area (Å²) in [6, 6.07) is 4.03. The third-order valence-electron chi connectivity index (χ3n) is 4.02. The Morgan fingerprint density at radius 1 is 1.14 bits per heavy atom. The third-order valence-corrected chi connectivity index (χ3v) is 5.22. The normalized spacial score (nSPS) is 11.7. The predicted octanol–water partition coefficient (Wildman–Crippen LogP) is 5.22. The fourth-order valence-electron chi connectivity index (χ4n) is 2.73. The van der Waals surface area contributed by atoms with Crippen LogP contribution >= 0.6 is 11.3 Å². The first-order valence-electron chi connectivity index (χ1n) is 7.94. The largest absolute Gasteiger partial charge is 0.433 e. The number of halogens is 5. The molecule has 0 spiro atoms. The van der Waals surface area contributed by atoms with Gasteiger partial charge in [0.1, 0.15) is 16.2 Å². The van der Waals surface area contributed by atoms with Crippen LogP contribution in [0.4, 0.5) is 33.3 Å². The summed E-state index contributed by atoms with van der Waals surface area (Å²) >= 11 is 0.779. The van der Waals surface area contributed by atoms with Gasteiger partial charge in [0, 0.05) is 25.2 Å². The molecule has 3 aromatic rings. The fourth-order valence-corrected chi connectivity index (χ4v) is 3.80. The van der Waals surface area contributed by atoms with Crippen molar-refractivity contribution in [3.8, 4) is 0 Å². The number of anilines is 2. The molecule has 0 saturated carbocycles. The number of amides is 1. The van der Waals surface area contributed by atoms with Crippen LogP contribution in [0.15, 0.2) is 24.3 Å². The van der Waals surface area contributed by atoms with Crippen LogP contribution in [0.3, 0.4) is 0 Å². The molecule has 1 aromatic carbocycles. The summed E-state index contributed by atoms with van der Waals surface area (Å²) in [4.78, 5) is 17.5. The molecular formula is C18H14F5N3OS. The Hall–Kier alpha value is -2.75. The highest BCUT2D eigenvalue weighted by molar-refractivity contribution is 7.20. The summed E-state index contributed by atoms with van der Waals surface area (Å²) in [6.45, 7) is 1.57. The minimum absolute atomic E-state index is 0.0535. The Labute approximate surface area is 160 Å². The SMILES string of the molecule is Cc1c(C(=O)Nc2cc(F)c(N(C)C)c(F)c2)sc2nc(C(F)(F)F)ccc12. The van der Waals surface area contributed by atoms with E-state index in [0.29, 0.717) is 10.9 Å². The fraction of sp³-hybridized carbons (Fsp3) is 0.222. The van der Waals surface area contributed by atoms with Crippen molar-refractivity contribution in [1.29, 1.82) is 0 Å². The highest BCUT2D eigenvalue weighted by Gasteiger charge is 2.33. The first kappa shape index (κ1) is 20.0. The van der Waals surface area contributed by atoms with E-state index in [2.05, 4.69) is 10.3 Å². The average molecular weight is 415 g/mol. The molecule has 2 heterocycles. The average Bonchev–Trinajstić information content (AvgIpc) is 2.89.